The normalized spacial score (nSPS) is 12.5. The van der Waals surface area contributed by atoms with E-state index in [9.17, 15) is 13.9 Å². The Morgan fingerprint density at radius 3 is 2.58 bits per heavy atom. The van der Waals surface area contributed by atoms with E-state index in [4.69, 9.17) is 9.15 Å². The van der Waals surface area contributed by atoms with Gasteiger partial charge >= 0.3 is 6.61 Å². The van der Waals surface area contributed by atoms with E-state index < -0.39 is 12.7 Å². The molecule has 1 aromatic heterocycles. The van der Waals surface area contributed by atoms with Crippen molar-refractivity contribution < 1.29 is 27.8 Å². The minimum absolute atomic E-state index is 0.138. The lowest BCUT2D eigenvalue weighted by atomic mass is 10.1. The first-order valence-corrected chi connectivity index (χ1v) is 5.46. The molecule has 1 heterocycles. The predicted octanol–water partition coefficient (Wildman–Crippen LogP) is 2.97. The van der Waals surface area contributed by atoms with Gasteiger partial charge in [-0.3, -0.25) is 0 Å². The van der Waals surface area contributed by atoms with Crippen LogP contribution in [0.2, 0.25) is 0 Å². The van der Waals surface area contributed by atoms with Gasteiger partial charge in [0.25, 0.3) is 0 Å². The van der Waals surface area contributed by atoms with E-state index in [1.54, 1.807) is 18.2 Å². The van der Waals surface area contributed by atoms with Crippen LogP contribution in [-0.2, 0) is 0 Å². The van der Waals surface area contributed by atoms with Gasteiger partial charge in [-0.1, -0.05) is 6.07 Å². The van der Waals surface area contributed by atoms with Crippen LogP contribution in [0.25, 0.3) is 0 Å². The number of ether oxygens (including phenoxy) is 2. The molecule has 1 aromatic carbocycles. The Hall–Kier alpha value is -2.08. The van der Waals surface area contributed by atoms with Crippen LogP contribution in [0.1, 0.15) is 17.4 Å². The Morgan fingerprint density at radius 2 is 2.00 bits per heavy atom. The molecule has 102 valence electrons. The topological polar surface area (TPSA) is 51.8 Å². The summed E-state index contributed by atoms with van der Waals surface area (Å²) in [5.41, 5.74) is 0.367. The first kappa shape index (κ1) is 13.4. The minimum atomic E-state index is -2.97. The Bertz CT molecular complexity index is 525. The molecule has 0 aliphatic heterocycles. The van der Waals surface area contributed by atoms with E-state index in [1.807, 2.05) is 0 Å². The number of furan rings is 1. The van der Waals surface area contributed by atoms with E-state index in [-0.39, 0.29) is 11.5 Å². The summed E-state index contributed by atoms with van der Waals surface area (Å²) >= 11 is 0. The number of rotatable bonds is 5. The molecule has 19 heavy (non-hydrogen) atoms. The van der Waals surface area contributed by atoms with Gasteiger partial charge in [-0.15, -0.1) is 0 Å². The molecular weight excluding hydrogens is 258 g/mol. The van der Waals surface area contributed by atoms with Gasteiger partial charge < -0.3 is 19.0 Å². The Kier molecular flexibility index (Phi) is 4.01. The summed E-state index contributed by atoms with van der Waals surface area (Å²) in [7, 11) is 1.34. The number of aliphatic hydroxyl groups is 1. The van der Waals surface area contributed by atoms with Gasteiger partial charge in [0.2, 0.25) is 0 Å². The van der Waals surface area contributed by atoms with Crippen LogP contribution >= 0.6 is 0 Å². The van der Waals surface area contributed by atoms with Crippen molar-refractivity contribution in [1.29, 1.82) is 0 Å². The van der Waals surface area contributed by atoms with Crippen molar-refractivity contribution >= 4 is 0 Å². The van der Waals surface area contributed by atoms with Crippen molar-refractivity contribution in [3.05, 3.63) is 47.9 Å². The standard InChI is InChI=1S/C13H12F2O4/c1-17-9-5-4-8(7-11(9)19-13(14)15)12(16)10-3-2-6-18-10/h2-7,12-13,16H,1H3. The molecule has 1 unspecified atom stereocenters. The zero-order chi connectivity index (χ0) is 13.8. The second kappa shape index (κ2) is 5.71. The SMILES string of the molecule is COc1ccc(C(O)c2ccco2)cc1OC(F)F. The molecule has 1 atom stereocenters. The Morgan fingerprint density at radius 1 is 1.21 bits per heavy atom. The zero-order valence-corrected chi connectivity index (χ0v) is 10.0. The molecule has 0 aliphatic rings. The zero-order valence-electron chi connectivity index (χ0n) is 10.0. The molecule has 0 radical (unpaired) electrons. The van der Waals surface area contributed by atoms with Crippen LogP contribution in [0.5, 0.6) is 11.5 Å². The van der Waals surface area contributed by atoms with Crippen molar-refractivity contribution in [3.8, 4) is 11.5 Å². The van der Waals surface area contributed by atoms with Crippen LogP contribution in [0, 0.1) is 0 Å². The number of methoxy groups -OCH3 is 1. The summed E-state index contributed by atoms with van der Waals surface area (Å²) in [5.74, 6) is 0.337. The van der Waals surface area contributed by atoms with Crippen molar-refractivity contribution in [3.63, 3.8) is 0 Å². The summed E-state index contributed by atoms with van der Waals surface area (Å²) in [6.45, 7) is -2.97. The van der Waals surface area contributed by atoms with Gasteiger partial charge in [-0.05, 0) is 29.8 Å². The summed E-state index contributed by atoms with van der Waals surface area (Å²) in [6, 6.07) is 7.49. The summed E-state index contributed by atoms with van der Waals surface area (Å²) in [5, 5.41) is 10.0. The van der Waals surface area contributed by atoms with Crippen molar-refractivity contribution in [2.24, 2.45) is 0 Å². The quantitative estimate of drug-likeness (QED) is 0.907. The number of hydrogen-bond donors (Lipinski definition) is 1. The molecular formula is C13H12F2O4. The number of alkyl halides is 2. The first-order chi connectivity index (χ1) is 9.11. The Balaban J connectivity index is 2.31. The highest BCUT2D eigenvalue weighted by molar-refractivity contribution is 5.44. The van der Waals surface area contributed by atoms with Gasteiger partial charge in [-0.2, -0.15) is 8.78 Å². The van der Waals surface area contributed by atoms with Crippen molar-refractivity contribution in [1.82, 2.24) is 0 Å². The second-order valence-electron chi connectivity index (χ2n) is 3.71. The highest BCUT2D eigenvalue weighted by atomic mass is 19.3. The molecule has 4 nitrogen and oxygen atoms in total. The molecule has 0 spiro atoms. The molecule has 6 heteroatoms. The highest BCUT2D eigenvalue weighted by Gasteiger charge is 2.17. The molecule has 2 rings (SSSR count). The fourth-order valence-corrected chi connectivity index (χ4v) is 1.66. The van der Waals surface area contributed by atoms with Crippen LogP contribution < -0.4 is 9.47 Å². The van der Waals surface area contributed by atoms with E-state index in [2.05, 4.69) is 4.74 Å². The third-order valence-electron chi connectivity index (χ3n) is 2.53. The van der Waals surface area contributed by atoms with Crippen molar-refractivity contribution in [2.45, 2.75) is 12.7 Å². The van der Waals surface area contributed by atoms with Gasteiger partial charge in [-0.25, -0.2) is 0 Å². The lowest BCUT2D eigenvalue weighted by Gasteiger charge is -2.13. The van der Waals surface area contributed by atoms with E-state index in [0.29, 0.717) is 11.3 Å². The van der Waals surface area contributed by atoms with Crippen LogP contribution in [0.15, 0.2) is 41.0 Å². The molecule has 0 saturated heterocycles. The average Bonchev–Trinajstić information content (AvgIpc) is 2.91. The van der Waals surface area contributed by atoms with Gasteiger partial charge in [0.15, 0.2) is 11.5 Å². The van der Waals surface area contributed by atoms with Crippen LogP contribution in [0.3, 0.4) is 0 Å². The maximum absolute atomic E-state index is 12.3. The molecule has 1 N–H and O–H groups in total. The number of halogens is 2. The summed E-state index contributed by atoms with van der Waals surface area (Å²) in [4.78, 5) is 0. The van der Waals surface area contributed by atoms with E-state index in [0.717, 1.165) is 0 Å². The second-order valence-corrected chi connectivity index (χ2v) is 3.71. The van der Waals surface area contributed by atoms with Gasteiger partial charge in [0.1, 0.15) is 11.9 Å². The highest BCUT2D eigenvalue weighted by Crippen LogP contribution is 2.33. The lowest BCUT2D eigenvalue weighted by molar-refractivity contribution is -0.0513. The third kappa shape index (κ3) is 3.03. The maximum atomic E-state index is 12.3. The minimum Gasteiger partial charge on any atom is -0.493 e. The molecule has 0 amide bonds. The van der Waals surface area contributed by atoms with E-state index >= 15 is 0 Å². The first-order valence-electron chi connectivity index (χ1n) is 5.46. The predicted molar refractivity (Wildman–Crippen MR) is 62.4 cm³/mol. The lowest BCUT2D eigenvalue weighted by Crippen LogP contribution is -2.05. The molecule has 0 fully saturated rings. The molecule has 0 saturated carbocycles. The van der Waals surface area contributed by atoms with Crippen molar-refractivity contribution in [2.75, 3.05) is 7.11 Å². The number of aliphatic hydroxyl groups excluding tert-OH is 1. The molecule has 2 aromatic rings. The van der Waals surface area contributed by atoms with E-state index in [1.165, 1.54) is 25.5 Å². The van der Waals surface area contributed by atoms with Gasteiger partial charge in [0, 0.05) is 0 Å². The Labute approximate surface area is 108 Å². The third-order valence-corrected chi connectivity index (χ3v) is 2.53. The monoisotopic (exact) mass is 270 g/mol. The largest absolute Gasteiger partial charge is 0.493 e. The van der Waals surface area contributed by atoms with Crippen LogP contribution in [-0.4, -0.2) is 18.8 Å². The van der Waals surface area contributed by atoms with Crippen LogP contribution in [0.4, 0.5) is 8.78 Å². The molecule has 0 bridgehead atoms. The van der Waals surface area contributed by atoms with Gasteiger partial charge in [0.05, 0.1) is 13.4 Å². The fraction of sp³-hybridized carbons (Fsp3) is 0.231. The number of benzene rings is 1. The summed E-state index contributed by atoms with van der Waals surface area (Å²) < 4.78 is 38.9. The fourth-order valence-electron chi connectivity index (χ4n) is 1.66. The summed E-state index contributed by atoms with van der Waals surface area (Å²) in [6.07, 6.45) is 0.361. The maximum Gasteiger partial charge on any atom is 0.387 e. The smallest absolute Gasteiger partial charge is 0.387 e. The average molecular weight is 270 g/mol. The molecule has 0 aliphatic carbocycles. The number of hydrogen-bond acceptors (Lipinski definition) is 4.